The number of carbonyl (C=O) groups excluding carboxylic acids is 2. The molecule has 2 amide bonds. The van der Waals surface area contributed by atoms with Gasteiger partial charge in [-0.25, -0.2) is 0 Å². The highest BCUT2D eigenvalue weighted by atomic mass is 35.5. The summed E-state index contributed by atoms with van der Waals surface area (Å²) in [7, 11) is 0. The monoisotopic (exact) mass is 428 g/mol. The van der Waals surface area contributed by atoms with Crippen LogP contribution in [-0.4, -0.2) is 42.1 Å². The zero-order valence-electron chi connectivity index (χ0n) is 16.5. The summed E-state index contributed by atoms with van der Waals surface area (Å²) in [6.45, 7) is 3.92. The van der Waals surface area contributed by atoms with Crippen molar-refractivity contribution in [2.75, 3.05) is 30.3 Å². The predicted molar refractivity (Wildman–Crippen MR) is 119 cm³/mol. The molecule has 2 aliphatic heterocycles. The summed E-state index contributed by atoms with van der Waals surface area (Å²) in [5.41, 5.74) is 3.18. The van der Waals surface area contributed by atoms with Gasteiger partial charge in [0, 0.05) is 47.8 Å². The van der Waals surface area contributed by atoms with Crippen LogP contribution in [0.3, 0.4) is 0 Å². The fourth-order valence-electron chi connectivity index (χ4n) is 4.08. The molecule has 0 N–H and O–H groups in total. The Labute approximate surface area is 181 Å². The first-order valence-electron chi connectivity index (χ1n) is 10.0. The normalized spacial score (nSPS) is 22.6. The van der Waals surface area contributed by atoms with E-state index in [4.69, 9.17) is 11.6 Å². The van der Waals surface area contributed by atoms with Gasteiger partial charge in [-0.05, 0) is 37.1 Å². The van der Waals surface area contributed by atoms with Crippen molar-refractivity contribution < 1.29 is 9.59 Å². The highest BCUT2D eigenvalue weighted by molar-refractivity contribution is 7.99. The molecule has 4 rings (SSSR count). The summed E-state index contributed by atoms with van der Waals surface area (Å²) >= 11 is 8.24. The zero-order valence-corrected chi connectivity index (χ0v) is 18.1. The van der Waals surface area contributed by atoms with E-state index in [1.807, 2.05) is 66.1 Å². The molecule has 2 unspecified atom stereocenters. The quantitative estimate of drug-likeness (QED) is 0.710. The van der Waals surface area contributed by atoms with Crippen LogP contribution in [0.1, 0.15) is 29.2 Å². The molecule has 2 atom stereocenters. The third kappa shape index (κ3) is 4.46. The first-order valence-corrected chi connectivity index (χ1v) is 11.5. The zero-order chi connectivity index (χ0) is 20.4. The topological polar surface area (TPSA) is 40.6 Å². The Kier molecular flexibility index (Phi) is 6.16. The van der Waals surface area contributed by atoms with Gasteiger partial charge in [0.25, 0.3) is 0 Å². The van der Waals surface area contributed by atoms with E-state index >= 15 is 0 Å². The van der Waals surface area contributed by atoms with E-state index < -0.39 is 0 Å². The highest BCUT2D eigenvalue weighted by Gasteiger charge is 2.37. The molecule has 2 aliphatic rings. The van der Waals surface area contributed by atoms with Gasteiger partial charge < -0.3 is 9.80 Å². The molecule has 0 radical (unpaired) electrons. The van der Waals surface area contributed by atoms with Crippen molar-refractivity contribution >= 4 is 40.9 Å². The Morgan fingerprint density at radius 3 is 2.62 bits per heavy atom. The molecule has 0 aliphatic carbocycles. The van der Waals surface area contributed by atoms with Gasteiger partial charge in [-0.2, -0.15) is 11.8 Å². The van der Waals surface area contributed by atoms with Gasteiger partial charge in [-0.15, -0.1) is 0 Å². The number of benzene rings is 2. The first kappa shape index (κ1) is 20.3. The van der Waals surface area contributed by atoms with Crippen molar-refractivity contribution in [2.45, 2.75) is 25.0 Å². The molecule has 2 aromatic rings. The molecule has 2 heterocycles. The molecule has 2 aromatic carbocycles. The molecular weight excluding hydrogens is 404 g/mol. The molecule has 2 saturated heterocycles. The summed E-state index contributed by atoms with van der Waals surface area (Å²) in [4.78, 5) is 29.4. The van der Waals surface area contributed by atoms with E-state index in [2.05, 4.69) is 6.07 Å². The Balaban J connectivity index is 1.40. The molecule has 0 spiro atoms. The Hall–Kier alpha value is -1.98. The second-order valence-corrected chi connectivity index (χ2v) is 9.45. The number of thioether (sulfide) groups is 1. The number of rotatable bonds is 3. The Bertz CT molecular complexity index is 902. The minimum Gasteiger partial charge on any atom is -0.342 e. The minimum absolute atomic E-state index is 0.0327. The summed E-state index contributed by atoms with van der Waals surface area (Å²) in [5.74, 6) is 0.758. The van der Waals surface area contributed by atoms with Crippen LogP contribution < -0.4 is 4.90 Å². The highest BCUT2D eigenvalue weighted by Crippen LogP contribution is 2.38. The van der Waals surface area contributed by atoms with Crippen LogP contribution in [0.5, 0.6) is 0 Å². The third-order valence-corrected chi connectivity index (χ3v) is 7.38. The lowest BCUT2D eigenvalue weighted by Crippen LogP contribution is -2.38. The fraction of sp³-hybridized carbons (Fsp3) is 0.391. The van der Waals surface area contributed by atoms with Crippen molar-refractivity contribution in [3.63, 3.8) is 0 Å². The van der Waals surface area contributed by atoms with E-state index in [9.17, 15) is 9.59 Å². The van der Waals surface area contributed by atoms with Gasteiger partial charge in [-0.3, -0.25) is 9.59 Å². The van der Waals surface area contributed by atoms with Crippen LogP contribution >= 0.6 is 23.4 Å². The van der Waals surface area contributed by atoms with Crippen LogP contribution in [-0.2, 0) is 9.59 Å². The lowest BCUT2D eigenvalue weighted by molar-refractivity contribution is -0.135. The maximum atomic E-state index is 13.2. The lowest BCUT2D eigenvalue weighted by Gasteiger charge is -2.24. The van der Waals surface area contributed by atoms with Gasteiger partial charge in [0.05, 0.1) is 5.92 Å². The Morgan fingerprint density at radius 1 is 1.10 bits per heavy atom. The predicted octanol–water partition coefficient (Wildman–Crippen LogP) is 4.71. The van der Waals surface area contributed by atoms with Crippen LogP contribution in [0.25, 0.3) is 0 Å². The van der Waals surface area contributed by atoms with Crippen LogP contribution in [0, 0.1) is 12.8 Å². The molecule has 4 nitrogen and oxygen atoms in total. The molecular formula is C23H25ClN2O2S. The van der Waals surface area contributed by atoms with Gasteiger partial charge in [0.1, 0.15) is 0 Å². The number of anilines is 1. The minimum atomic E-state index is -0.259. The van der Waals surface area contributed by atoms with E-state index in [0.29, 0.717) is 24.8 Å². The molecule has 6 heteroatoms. The van der Waals surface area contributed by atoms with Crippen LogP contribution in [0.2, 0.25) is 5.02 Å². The molecule has 152 valence electrons. The van der Waals surface area contributed by atoms with Crippen LogP contribution in [0.15, 0.2) is 48.5 Å². The van der Waals surface area contributed by atoms with Crippen molar-refractivity contribution in [1.29, 1.82) is 0 Å². The molecule has 2 fully saturated rings. The number of hydrogen-bond acceptors (Lipinski definition) is 3. The van der Waals surface area contributed by atoms with Gasteiger partial charge >= 0.3 is 0 Å². The fourth-order valence-corrected chi connectivity index (χ4v) is 5.68. The smallest absolute Gasteiger partial charge is 0.228 e. The van der Waals surface area contributed by atoms with Crippen molar-refractivity contribution in [2.24, 2.45) is 5.92 Å². The number of halogens is 1. The average molecular weight is 429 g/mol. The largest absolute Gasteiger partial charge is 0.342 e. The SMILES string of the molecule is Cc1ccc(N2CC(C(=O)N3CCSC(c4ccccc4Cl)CC3)CC2=O)cc1. The molecule has 29 heavy (non-hydrogen) atoms. The summed E-state index contributed by atoms with van der Waals surface area (Å²) in [5, 5.41) is 1.09. The molecule has 0 bridgehead atoms. The van der Waals surface area contributed by atoms with Gasteiger partial charge in [0.15, 0.2) is 0 Å². The van der Waals surface area contributed by atoms with Crippen molar-refractivity contribution in [3.8, 4) is 0 Å². The van der Waals surface area contributed by atoms with E-state index in [1.165, 1.54) is 0 Å². The van der Waals surface area contributed by atoms with Crippen molar-refractivity contribution in [1.82, 2.24) is 4.90 Å². The average Bonchev–Trinajstić information content (AvgIpc) is 2.95. The number of aryl methyl sites for hydroxylation is 1. The van der Waals surface area contributed by atoms with E-state index in [0.717, 1.165) is 40.6 Å². The van der Waals surface area contributed by atoms with Crippen molar-refractivity contribution in [3.05, 3.63) is 64.7 Å². The number of nitrogens with zero attached hydrogens (tertiary/aromatic N) is 2. The lowest BCUT2D eigenvalue weighted by atomic mass is 10.1. The van der Waals surface area contributed by atoms with Gasteiger partial charge in [-0.1, -0.05) is 47.5 Å². The number of hydrogen-bond donors (Lipinski definition) is 0. The molecule has 0 saturated carbocycles. The van der Waals surface area contributed by atoms with Crippen LogP contribution in [0.4, 0.5) is 5.69 Å². The van der Waals surface area contributed by atoms with E-state index in [-0.39, 0.29) is 17.7 Å². The second kappa shape index (κ2) is 8.80. The third-order valence-electron chi connectivity index (χ3n) is 5.73. The summed E-state index contributed by atoms with van der Waals surface area (Å²) in [6.07, 6.45) is 1.17. The Morgan fingerprint density at radius 2 is 1.86 bits per heavy atom. The summed E-state index contributed by atoms with van der Waals surface area (Å²) in [6, 6.07) is 15.9. The number of amides is 2. The summed E-state index contributed by atoms with van der Waals surface area (Å²) < 4.78 is 0. The first-order chi connectivity index (χ1) is 14.0. The van der Waals surface area contributed by atoms with Gasteiger partial charge in [0.2, 0.25) is 11.8 Å². The molecule has 0 aromatic heterocycles. The number of carbonyl (C=O) groups is 2. The maximum absolute atomic E-state index is 13.2. The standard InChI is InChI=1S/C23H25ClN2O2S/c1-16-6-8-18(9-7-16)26-15-17(14-22(26)27)23(28)25-11-10-21(29-13-12-25)19-4-2-3-5-20(19)24/h2-9,17,21H,10-15H2,1H3. The second-order valence-electron chi connectivity index (χ2n) is 7.74. The van der Waals surface area contributed by atoms with E-state index in [1.54, 1.807) is 4.90 Å². The maximum Gasteiger partial charge on any atom is 0.228 e.